The third-order valence-electron chi connectivity index (χ3n) is 6.45. The maximum atomic E-state index is 10.2. The van der Waals surface area contributed by atoms with Crippen LogP contribution in [0.4, 0.5) is 0 Å². The molecular weight excluding hydrogens is 340 g/mol. The van der Waals surface area contributed by atoms with Crippen molar-refractivity contribution in [3.8, 4) is 18.2 Å². The number of hydrogen-bond donors (Lipinski definition) is 1. The molecule has 2 saturated heterocycles. The van der Waals surface area contributed by atoms with E-state index in [1.165, 1.54) is 0 Å². The minimum absolute atomic E-state index is 0.297. The first-order chi connectivity index (χ1) is 13.0. The Labute approximate surface area is 158 Å². The van der Waals surface area contributed by atoms with Crippen molar-refractivity contribution < 1.29 is 9.47 Å². The van der Waals surface area contributed by atoms with Crippen molar-refractivity contribution in [1.29, 1.82) is 21.2 Å². The molecule has 136 valence electrons. The normalized spacial score (nSPS) is 36.3. The van der Waals surface area contributed by atoms with Crippen LogP contribution in [0.3, 0.4) is 0 Å². The fraction of sp³-hybridized carbons (Fsp3) is 0.524. The van der Waals surface area contributed by atoms with E-state index in [0.717, 1.165) is 24.8 Å². The van der Waals surface area contributed by atoms with Gasteiger partial charge in [-0.2, -0.15) is 15.8 Å². The standard InChI is InChI=1S/C21H20N4O2/c1-14-6-8-15(9-7-14)17-19(11-22,12-23)20(13-24)16-5-3-2-4-10-21(16,26-17)27-18(20)25/h6-9,16-17,25H,2-5,10H2,1H3/t16-,17+,20+,21+/m0/s1. The quantitative estimate of drug-likeness (QED) is 0.816. The number of nitrogens with zero attached hydrogens (tertiary/aromatic N) is 3. The average molecular weight is 360 g/mol. The molecule has 1 aromatic carbocycles. The molecule has 3 aliphatic rings. The zero-order valence-corrected chi connectivity index (χ0v) is 15.2. The van der Waals surface area contributed by atoms with Gasteiger partial charge in [-0.1, -0.05) is 42.7 Å². The second-order valence-electron chi connectivity index (χ2n) is 7.75. The summed E-state index contributed by atoms with van der Waals surface area (Å²) in [6.07, 6.45) is 2.89. The molecule has 0 radical (unpaired) electrons. The molecule has 2 bridgehead atoms. The van der Waals surface area contributed by atoms with Crippen molar-refractivity contribution in [2.45, 2.75) is 50.9 Å². The van der Waals surface area contributed by atoms with Crippen LogP contribution in [0.1, 0.15) is 49.3 Å². The minimum Gasteiger partial charge on any atom is -0.447 e. The largest absolute Gasteiger partial charge is 0.447 e. The second kappa shape index (κ2) is 5.81. The van der Waals surface area contributed by atoms with Crippen LogP contribution in [0.2, 0.25) is 0 Å². The molecule has 3 fully saturated rings. The van der Waals surface area contributed by atoms with Crippen LogP contribution in [-0.4, -0.2) is 11.7 Å². The fourth-order valence-corrected chi connectivity index (χ4v) is 5.08. The van der Waals surface area contributed by atoms with E-state index in [0.29, 0.717) is 18.4 Å². The zero-order chi connectivity index (χ0) is 19.3. The Morgan fingerprint density at radius 3 is 2.37 bits per heavy atom. The number of benzene rings is 1. The number of nitriles is 3. The van der Waals surface area contributed by atoms with E-state index in [1.54, 1.807) is 0 Å². The third kappa shape index (κ3) is 1.98. The molecule has 1 aliphatic carbocycles. The molecular formula is C21H20N4O2. The highest BCUT2D eigenvalue weighted by molar-refractivity contribution is 5.89. The minimum atomic E-state index is -1.84. The number of nitrogens with one attached hydrogen (secondary N) is 1. The molecule has 0 aromatic heterocycles. The van der Waals surface area contributed by atoms with Gasteiger partial charge in [-0.05, 0) is 25.3 Å². The number of ether oxygens (including phenoxy) is 2. The van der Waals surface area contributed by atoms with Gasteiger partial charge >= 0.3 is 0 Å². The third-order valence-corrected chi connectivity index (χ3v) is 6.45. The summed E-state index contributed by atoms with van der Waals surface area (Å²) in [6, 6.07) is 13.8. The molecule has 1 N–H and O–H groups in total. The van der Waals surface area contributed by atoms with E-state index < -0.39 is 28.6 Å². The van der Waals surface area contributed by atoms with Crippen molar-refractivity contribution in [1.82, 2.24) is 0 Å². The van der Waals surface area contributed by atoms with Crippen molar-refractivity contribution >= 4 is 5.90 Å². The van der Waals surface area contributed by atoms with E-state index in [2.05, 4.69) is 18.2 Å². The molecule has 4 rings (SSSR count). The number of aryl methyl sites for hydroxylation is 1. The summed E-state index contributed by atoms with van der Waals surface area (Å²) in [7, 11) is 0. The van der Waals surface area contributed by atoms with Crippen LogP contribution in [-0.2, 0) is 9.47 Å². The van der Waals surface area contributed by atoms with E-state index in [9.17, 15) is 15.8 Å². The van der Waals surface area contributed by atoms with Crippen molar-refractivity contribution in [2.24, 2.45) is 16.7 Å². The first-order valence-corrected chi connectivity index (χ1v) is 9.26. The van der Waals surface area contributed by atoms with Crippen LogP contribution in [0, 0.1) is 63.1 Å². The van der Waals surface area contributed by atoms with Crippen molar-refractivity contribution in [2.75, 3.05) is 0 Å². The van der Waals surface area contributed by atoms with Crippen LogP contribution in [0.5, 0.6) is 0 Å². The Hall–Kier alpha value is -2.88. The predicted octanol–water partition coefficient (Wildman–Crippen LogP) is 3.89. The molecule has 2 heterocycles. The van der Waals surface area contributed by atoms with Gasteiger partial charge in [0.25, 0.3) is 0 Å². The summed E-state index contributed by atoms with van der Waals surface area (Å²) in [6.45, 7) is 1.95. The van der Waals surface area contributed by atoms with Gasteiger partial charge < -0.3 is 9.47 Å². The molecule has 27 heavy (non-hydrogen) atoms. The van der Waals surface area contributed by atoms with Gasteiger partial charge in [-0.3, -0.25) is 5.41 Å². The van der Waals surface area contributed by atoms with E-state index in [-0.39, 0.29) is 5.90 Å². The Kier molecular flexibility index (Phi) is 3.77. The first-order valence-electron chi connectivity index (χ1n) is 9.26. The zero-order valence-electron chi connectivity index (χ0n) is 15.2. The fourth-order valence-electron chi connectivity index (χ4n) is 5.08. The SMILES string of the molecule is Cc1ccc([C@H]2O[C@@]34CCCCC[C@H]3[C@](C#N)(C(=N)O4)C2(C#N)C#N)cc1. The molecule has 4 atom stereocenters. The molecule has 6 heteroatoms. The summed E-state index contributed by atoms with van der Waals surface area (Å²) in [4.78, 5) is 0. The van der Waals surface area contributed by atoms with Gasteiger partial charge in [0.15, 0.2) is 5.41 Å². The topological polar surface area (TPSA) is 114 Å². The van der Waals surface area contributed by atoms with Crippen molar-refractivity contribution in [3.05, 3.63) is 35.4 Å². The molecule has 6 nitrogen and oxygen atoms in total. The lowest BCUT2D eigenvalue weighted by Crippen LogP contribution is -2.59. The van der Waals surface area contributed by atoms with Crippen molar-refractivity contribution in [3.63, 3.8) is 0 Å². The monoisotopic (exact) mass is 360 g/mol. The average Bonchev–Trinajstić information content (AvgIpc) is 2.81. The maximum Gasteiger partial charge on any atom is 0.217 e. The van der Waals surface area contributed by atoms with Gasteiger partial charge in [0, 0.05) is 6.42 Å². The van der Waals surface area contributed by atoms with Crippen LogP contribution < -0.4 is 0 Å². The van der Waals surface area contributed by atoms with E-state index in [1.807, 2.05) is 31.2 Å². The number of hydrogen-bond acceptors (Lipinski definition) is 6. The summed E-state index contributed by atoms with van der Waals surface area (Å²) in [5.74, 6) is -1.91. The summed E-state index contributed by atoms with van der Waals surface area (Å²) >= 11 is 0. The molecule has 1 aromatic rings. The van der Waals surface area contributed by atoms with Gasteiger partial charge in [0.1, 0.15) is 6.10 Å². The smallest absolute Gasteiger partial charge is 0.217 e. The molecule has 1 saturated carbocycles. The lowest BCUT2D eigenvalue weighted by atomic mass is 9.52. The van der Waals surface area contributed by atoms with Gasteiger partial charge in [0.05, 0.1) is 24.1 Å². The lowest BCUT2D eigenvalue weighted by molar-refractivity contribution is -0.284. The first kappa shape index (κ1) is 17.5. The maximum absolute atomic E-state index is 10.2. The highest BCUT2D eigenvalue weighted by Crippen LogP contribution is 2.68. The summed E-state index contributed by atoms with van der Waals surface area (Å²) in [5.41, 5.74) is -1.78. The lowest BCUT2D eigenvalue weighted by Gasteiger charge is -2.49. The molecule has 2 aliphatic heterocycles. The predicted molar refractivity (Wildman–Crippen MR) is 94.8 cm³/mol. The van der Waals surface area contributed by atoms with Gasteiger partial charge in [0.2, 0.25) is 17.1 Å². The molecule has 0 spiro atoms. The van der Waals surface area contributed by atoms with E-state index in [4.69, 9.17) is 14.9 Å². The van der Waals surface area contributed by atoms with E-state index >= 15 is 0 Å². The van der Waals surface area contributed by atoms with Crippen LogP contribution >= 0.6 is 0 Å². The Bertz CT molecular complexity index is 905. The molecule has 0 amide bonds. The van der Waals surface area contributed by atoms with Gasteiger partial charge in [-0.25, -0.2) is 0 Å². The summed E-state index contributed by atoms with van der Waals surface area (Å²) < 4.78 is 12.3. The Balaban J connectivity index is 1.99. The van der Waals surface area contributed by atoms with Crippen LogP contribution in [0.15, 0.2) is 24.3 Å². The molecule has 0 unspecified atom stereocenters. The Morgan fingerprint density at radius 2 is 1.74 bits per heavy atom. The highest BCUT2D eigenvalue weighted by atomic mass is 16.7. The Morgan fingerprint density at radius 1 is 1.04 bits per heavy atom. The van der Waals surface area contributed by atoms with Crippen LogP contribution in [0.25, 0.3) is 0 Å². The summed E-state index contributed by atoms with van der Waals surface area (Å²) in [5, 5.41) is 39.1. The second-order valence-corrected chi connectivity index (χ2v) is 7.75. The number of rotatable bonds is 1. The highest BCUT2D eigenvalue weighted by Gasteiger charge is 2.80. The van der Waals surface area contributed by atoms with Gasteiger partial charge in [-0.15, -0.1) is 0 Å².